The van der Waals surface area contributed by atoms with E-state index in [2.05, 4.69) is 0 Å². The molecule has 11 nitrogen and oxygen atoms in total. The molecule has 206 valence electrons. The van der Waals surface area contributed by atoms with Gasteiger partial charge in [0.25, 0.3) is 0 Å². The first-order valence-electron chi connectivity index (χ1n) is 12.2. The van der Waals surface area contributed by atoms with E-state index in [1.807, 2.05) is 30.3 Å². The quantitative estimate of drug-likeness (QED) is 0.225. The highest BCUT2D eigenvalue weighted by molar-refractivity contribution is 5.80. The fourth-order valence-electron chi connectivity index (χ4n) is 4.13. The second-order valence-electron chi connectivity index (χ2n) is 8.85. The highest BCUT2D eigenvalue weighted by Gasteiger charge is 2.44. The smallest absolute Gasteiger partial charge is 0.336 e. The number of benzene rings is 2. The Bertz CT molecular complexity index is 1380. The Morgan fingerprint density at radius 3 is 2.33 bits per heavy atom. The van der Waals surface area contributed by atoms with Gasteiger partial charge >= 0.3 is 23.5 Å². The maximum absolute atomic E-state index is 11.8. The number of hydrogen-bond donors (Lipinski definition) is 0. The molecule has 3 aromatic rings. The van der Waals surface area contributed by atoms with Crippen molar-refractivity contribution in [2.75, 3.05) is 6.61 Å². The summed E-state index contributed by atoms with van der Waals surface area (Å²) in [4.78, 5) is 46.9. The van der Waals surface area contributed by atoms with Crippen molar-refractivity contribution in [2.24, 2.45) is 0 Å². The predicted octanol–water partition coefficient (Wildman–Crippen LogP) is 3.29. The Labute approximate surface area is 223 Å². The normalized spacial score (nSPS) is 20.6. The summed E-state index contributed by atoms with van der Waals surface area (Å²) in [5.74, 6) is -1.26. The molecule has 1 aromatic heterocycles. The van der Waals surface area contributed by atoms with E-state index in [-0.39, 0.29) is 31.1 Å². The molecule has 0 unspecified atom stereocenters. The third-order valence-corrected chi connectivity index (χ3v) is 5.74. The van der Waals surface area contributed by atoms with Crippen LogP contribution in [0, 0.1) is 0 Å². The van der Waals surface area contributed by atoms with Gasteiger partial charge in [0.05, 0.1) is 6.42 Å². The second kappa shape index (κ2) is 12.4. The predicted molar refractivity (Wildman–Crippen MR) is 135 cm³/mol. The van der Waals surface area contributed by atoms with Crippen LogP contribution in [0.15, 0.2) is 63.8 Å². The number of fused-ring (bicyclic) bond motifs is 1. The van der Waals surface area contributed by atoms with Crippen molar-refractivity contribution in [2.45, 2.75) is 58.4 Å². The molecule has 4 rings (SSSR count). The van der Waals surface area contributed by atoms with Crippen LogP contribution >= 0.6 is 0 Å². The third-order valence-electron chi connectivity index (χ3n) is 5.74. The van der Waals surface area contributed by atoms with Gasteiger partial charge in [0.2, 0.25) is 6.29 Å². The molecule has 4 atom stereocenters. The molecule has 0 amide bonds. The Balaban J connectivity index is 1.64. The van der Waals surface area contributed by atoms with Crippen LogP contribution in [0.4, 0.5) is 0 Å². The topological polar surface area (TPSA) is 137 Å². The standard InChI is InChI=1S/C28H28O11/c1-16(29)33-15-25-28(36-18(3)31)24(35-17(2)30)13-27(39-25)38-23-11-20-9-10-26(32)37-21(20)12-22(23)34-14-19-7-5-4-6-8-19/h4-12,24-25,27-28H,13-15H2,1-3H3/t24-,25-,27-,28+/m1/s1. The molecule has 0 radical (unpaired) electrons. The average Bonchev–Trinajstić information content (AvgIpc) is 2.88. The maximum atomic E-state index is 11.8. The van der Waals surface area contributed by atoms with Gasteiger partial charge in [-0.25, -0.2) is 4.79 Å². The second-order valence-corrected chi connectivity index (χ2v) is 8.85. The largest absolute Gasteiger partial charge is 0.485 e. The number of rotatable bonds is 9. The van der Waals surface area contributed by atoms with E-state index in [4.69, 9.17) is 32.8 Å². The van der Waals surface area contributed by atoms with Gasteiger partial charge in [0.1, 0.15) is 31.0 Å². The summed E-state index contributed by atoms with van der Waals surface area (Å²) in [5.41, 5.74) is 0.672. The van der Waals surface area contributed by atoms with Crippen molar-refractivity contribution in [3.8, 4) is 11.5 Å². The number of hydrogen-bond acceptors (Lipinski definition) is 11. The molecule has 1 aliphatic rings. The first-order chi connectivity index (χ1) is 18.7. The van der Waals surface area contributed by atoms with Crippen LogP contribution < -0.4 is 15.1 Å². The van der Waals surface area contributed by atoms with Crippen LogP contribution in [-0.4, -0.2) is 49.1 Å². The molecule has 39 heavy (non-hydrogen) atoms. The first-order valence-corrected chi connectivity index (χ1v) is 12.2. The van der Waals surface area contributed by atoms with Crippen molar-refractivity contribution in [1.82, 2.24) is 0 Å². The molecule has 0 aliphatic carbocycles. The molecule has 1 aliphatic heterocycles. The number of carbonyl (C=O) groups excluding carboxylic acids is 3. The van der Waals surface area contributed by atoms with Crippen molar-refractivity contribution in [3.63, 3.8) is 0 Å². The average molecular weight is 541 g/mol. The van der Waals surface area contributed by atoms with Crippen molar-refractivity contribution in [3.05, 3.63) is 70.6 Å². The zero-order chi connectivity index (χ0) is 27.9. The zero-order valence-corrected chi connectivity index (χ0v) is 21.6. The third kappa shape index (κ3) is 7.57. The highest BCUT2D eigenvalue weighted by Crippen LogP contribution is 2.36. The van der Waals surface area contributed by atoms with Gasteiger partial charge in [0.15, 0.2) is 17.6 Å². The molecule has 0 bridgehead atoms. The minimum Gasteiger partial charge on any atom is -0.485 e. The highest BCUT2D eigenvalue weighted by atomic mass is 16.7. The summed E-state index contributed by atoms with van der Waals surface area (Å²) in [6.45, 7) is 3.59. The molecule has 0 N–H and O–H groups in total. The number of esters is 3. The van der Waals surface area contributed by atoms with Gasteiger partial charge in [0, 0.05) is 38.3 Å². The lowest BCUT2D eigenvalue weighted by Crippen LogP contribution is -2.54. The van der Waals surface area contributed by atoms with Crippen LogP contribution in [-0.2, 0) is 39.9 Å². The van der Waals surface area contributed by atoms with Crippen molar-refractivity contribution in [1.29, 1.82) is 0 Å². The van der Waals surface area contributed by atoms with E-state index >= 15 is 0 Å². The number of ether oxygens (including phenoxy) is 6. The lowest BCUT2D eigenvalue weighted by molar-refractivity contribution is -0.246. The molecular formula is C28H28O11. The molecule has 11 heteroatoms. The molecule has 1 fully saturated rings. The van der Waals surface area contributed by atoms with Crippen LogP contribution in [0.5, 0.6) is 11.5 Å². The summed E-state index contributed by atoms with van der Waals surface area (Å²) in [5, 5.41) is 0.568. The maximum Gasteiger partial charge on any atom is 0.336 e. The van der Waals surface area contributed by atoms with Gasteiger partial charge in [-0.2, -0.15) is 0 Å². The Kier molecular flexibility index (Phi) is 8.82. The number of carbonyl (C=O) groups is 3. The Morgan fingerprint density at radius 1 is 0.897 bits per heavy atom. The fourth-order valence-corrected chi connectivity index (χ4v) is 4.13. The molecule has 1 saturated heterocycles. The Hall–Kier alpha value is -4.38. The molecule has 2 aromatic carbocycles. The van der Waals surface area contributed by atoms with E-state index in [0.717, 1.165) is 5.56 Å². The van der Waals surface area contributed by atoms with Gasteiger partial charge in [-0.05, 0) is 17.7 Å². The Morgan fingerprint density at radius 2 is 1.64 bits per heavy atom. The monoisotopic (exact) mass is 540 g/mol. The fraction of sp³-hybridized carbons (Fsp3) is 0.357. The van der Waals surface area contributed by atoms with Crippen LogP contribution in [0.3, 0.4) is 0 Å². The molecule has 2 heterocycles. The zero-order valence-electron chi connectivity index (χ0n) is 21.6. The van der Waals surface area contributed by atoms with E-state index in [1.54, 1.807) is 18.2 Å². The minimum absolute atomic E-state index is 0.00582. The van der Waals surface area contributed by atoms with E-state index in [9.17, 15) is 19.2 Å². The van der Waals surface area contributed by atoms with E-state index < -0.39 is 48.1 Å². The van der Waals surface area contributed by atoms with E-state index in [0.29, 0.717) is 11.0 Å². The summed E-state index contributed by atoms with van der Waals surface area (Å²) >= 11 is 0. The summed E-state index contributed by atoms with van der Waals surface area (Å²) < 4.78 is 39.4. The lowest BCUT2D eigenvalue weighted by Gasteiger charge is -2.40. The molecular weight excluding hydrogens is 512 g/mol. The van der Waals surface area contributed by atoms with Crippen LogP contribution in [0.25, 0.3) is 11.0 Å². The van der Waals surface area contributed by atoms with Gasteiger partial charge in [-0.1, -0.05) is 30.3 Å². The van der Waals surface area contributed by atoms with Crippen molar-refractivity contribution >= 4 is 28.9 Å². The summed E-state index contributed by atoms with van der Waals surface area (Å²) in [6.07, 6.45) is -4.00. The van der Waals surface area contributed by atoms with E-state index in [1.165, 1.54) is 26.8 Å². The summed E-state index contributed by atoms with van der Waals surface area (Å²) in [7, 11) is 0. The van der Waals surface area contributed by atoms with Gasteiger partial charge in [-0.15, -0.1) is 0 Å². The minimum atomic E-state index is -1.04. The summed E-state index contributed by atoms with van der Waals surface area (Å²) in [6, 6.07) is 15.5. The SMILES string of the molecule is CC(=O)OC[C@H]1O[C@@H](Oc2cc3ccc(=O)oc3cc2OCc2ccccc2)C[C@@H](OC(C)=O)[C@@H]1OC(C)=O. The molecule has 0 spiro atoms. The molecule has 0 saturated carbocycles. The first kappa shape index (κ1) is 27.6. The van der Waals surface area contributed by atoms with Crippen LogP contribution in [0.2, 0.25) is 0 Å². The lowest BCUT2D eigenvalue weighted by atomic mass is 10.0. The van der Waals surface area contributed by atoms with Crippen LogP contribution in [0.1, 0.15) is 32.8 Å². The van der Waals surface area contributed by atoms with Gasteiger partial charge in [-0.3, -0.25) is 14.4 Å². The van der Waals surface area contributed by atoms with Crippen molar-refractivity contribution < 1.29 is 47.2 Å². The van der Waals surface area contributed by atoms with Gasteiger partial charge < -0.3 is 32.8 Å².